The molecule has 0 heterocycles. The number of hydrogen-bond acceptors (Lipinski definition) is 2. The summed E-state index contributed by atoms with van der Waals surface area (Å²) in [5.74, 6) is -1.60. The van der Waals surface area contributed by atoms with Crippen molar-refractivity contribution in [2.24, 2.45) is 11.1 Å². The summed E-state index contributed by atoms with van der Waals surface area (Å²) in [7, 11) is 0. The third-order valence-electron chi connectivity index (χ3n) is 1.26. The smallest absolute Gasteiger partial charge is 0.304 e. The maximum Gasteiger partial charge on any atom is 0.304 e. The molecule has 58 valence electrons. The molecule has 0 aromatic carbocycles. The van der Waals surface area contributed by atoms with E-state index in [0.29, 0.717) is 0 Å². The predicted octanol–water partition coefficient (Wildman–Crippen LogP) is -0.0274. The molecule has 0 radical (unpaired) electrons. The zero-order chi connectivity index (χ0) is 8.36. The van der Waals surface area contributed by atoms with Gasteiger partial charge in [-0.25, -0.2) is 0 Å². The molecule has 0 aliphatic rings. The molecule has 0 bridgehead atoms. The molecule has 0 fully saturated rings. The molecule has 0 saturated carbocycles. The summed E-state index contributed by atoms with van der Waals surface area (Å²) in [4.78, 5) is 20.6. The Morgan fingerprint density at radius 1 is 1.50 bits per heavy atom. The van der Waals surface area contributed by atoms with Crippen LogP contribution in [0.3, 0.4) is 0 Å². The molecule has 3 N–H and O–H groups in total. The fraction of sp³-hybridized carbons (Fsp3) is 0.667. The van der Waals surface area contributed by atoms with Gasteiger partial charge in [0.25, 0.3) is 0 Å². The van der Waals surface area contributed by atoms with Crippen LogP contribution in [0.2, 0.25) is 0 Å². The number of primary amides is 1. The van der Waals surface area contributed by atoms with E-state index in [-0.39, 0.29) is 6.42 Å². The first-order chi connectivity index (χ1) is 4.36. The number of hydrogen-bond donors (Lipinski definition) is 2. The molecule has 0 aromatic rings. The zero-order valence-electron chi connectivity index (χ0n) is 6.05. The van der Waals surface area contributed by atoms with Gasteiger partial charge in [0.05, 0.1) is 11.8 Å². The molecule has 0 spiro atoms. The van der Waals surface area contributed by atoms with Crippen LogP contribution in [-0.4, -0.2) is 17.0 Å². The van der Waals surface area contributed by atoms with E-state index in [1.807, 2.05) is 0 Å². The summed E-state index contributed by atoms with van der Waals surface area (Å²) in [6.45, 7) is 3.01. The minimum Gasteiger partial charge on any atom is -0.481 e. The van der Waals surface area contributed by atoms with E-state index in [0.717, 1.165) is 0 Å². The number of amides is 1. The first-order valence-corrected chi connectivity index (χ1v) is 2.88. The minimum absolute atomic E-state index is 0.220. The van der Waals surface area contributed by atoms with Gasteiger partial charge in [-0.2, -0.15) is 0 Å². The molecule has 0 atom stereocenters. The van der Waals surface area contributed by atoms with Gasteiger partial charge >= 0.3 is 5.97 Å². The summed E-state index contributed by atoms with van der Waals surface area (Å²) < 4.78 is 0. The highest BCUT2D eigenvalue weighted by Gasteiger charge is 2.27. The van der Waals surface area contributed by atoms with E-state index in [2.05, 4.69) is 0 Å². The van der Waals surface area contributed by atoms with E-state index in [4.69, 9.17) is 10.8 Å². The number of aliphatic carboxylic acids is 1. The summed E-state index contributed by atoms with van der Waals surface area (Å²) in [5.41, 5.74) is 3.98. The average Bonchev–Trinajstić information content (AvgIpc) is 1.60. The average molecular weight is 145 g/mol. The lowest BCUT2D eigenvalue weighted by Gasteiger charge is -2.16. The molecule has 4 nitrogen and oxygen atoms in total. The normalized spacial score (nSPS) is 11.0. The van der Waals surface area contributed by atoms with Crippen LogP contribution in [0.1, 0.15) is 20.3 Å². The van der Waals surface area contributed by atoms with Crippen molar-refractivity contribution < 1.29 is 14.7 Å². The van der Waals surface area contributed by atoms with Gasteiger partial charge in [0, 0.05) is 0 Å². The number of rotatable bonds is 3. The summed E-state index contributed by atoms with van der Waals surface area (Å²) >= 11 is 0. The monoisotopic (exact) mass is 145 g/mol. The SMILES string of the molecule is CC(C)(CC(=O)O)C(N)=O. The Morgan fingerprint density at radius 3 is 2.00 bits per heavy atom. The first kappa shape index (κ1) is 8.94. The van der Waals surface area contributed by atoms with E-state index >= 15 is 0 Å². The lowest BCUT2D eigenvalue weighted by molar-refractivity contribution is -0.143. The Hall–Kier alpha value is -1.06. The molecule has 4 heteroatoms. The highest BCUT2D eigenvalue weighted by molar-refractivity contribution is 5.84. The van der Waals surface area contributed by atoms with Crippen LogP contribution in [-0.2, 0) is 9.59 Å². The largest absolute Gasteiger partial charge is 0.481 e. The number of carbonyl (C=O) groups is 2. The Kier molecular flexibility index (Phi) is 2.40. The molecule has 0 rings (SSSR count). The van der Waals surface area contributed by atoms with Crippen molar-refractivity contribution in [2.45, 2.75) is 20.3 Å². The van der Waals surface area contributed by atoms with Gasteiger partial charge < -0.3 is 10.8 Å². The van der Waals surface area contributed by atoms with E-state index in [9.17, 15) is 9.59 Å². The second-order valence-electron chi connectivity index (χ2n) is 2.82. The number of carboxylic acids is 1. The Bertz CT molecular complexity index is 162. The topological polar surface area (TPSA) is 80.4 Å². The van der Waals surface area contributed by atoms with Gasteiger partial charge in [0.2, 0.25) is 5.91 Å². The van der Waals surface area contributed by atoms with Crippen molar-refractivity contribution in [1.82, 2.24) is 0 Å². The standard InChI is InChI=1S/C6H11NO3/c1-6(2,5(7)10)3-4(8)9/h3H2,1-2H3,(H2,7,10)(H,8,9). The maximum atomic E-state index is 10.5. The van der Waals surface area contributed by atoms with Crippen molar-refractivity contribution in [3.05, 3.63) is 0 Å². The molecule has 0 unspecified atom stereocenters. The lowest BCUT2D eigenvalue weighted by atomic mass is 9.89. The predicted molar refractivity (Wildman–Crippen MR) is 35.2 cm³/mol. The van der Waals surface area contributed by atoms with Crippen molar-refractivity contribution in [2.75, 3.05) is 0 Å². The van der Waals surface area contributed by atoms with Gasteiger partial charge in [-0.1, -0.05) is 13.8 Å². The third kappa shape index (κ3) is 2.48. The van der Waals surface area contributed by atoms with E-state index < -0.39 is 17.3 Å². The van der Waals surface area contributed by atoms with Crippen LogP contribution in [0.5, 0.6) is 0 Å². The van der Waals surface area contributed by atoms with Gasteiger partial charge in [-0.3, -0.25) is 9.59 Å². The molecule has 0 aliphatic carbocycles. The van der Waals surface area contributed by atoms with Crippen molar-refractivity contribution in [1.29, 1.82) is 0 Å². The molecule has 0 aromatic heterocycles. The third-order valence-corrected chi connectivity index (χ3v) is 1.26. The van der Waals surface area contributed by atoms with Crippen molar-refractivity contribution >= 4 is 11.9 Å². The summed E-state index contributed by atoms with van der Waals surface area (Å²) in [6, 6.07) is 0. The Morgan fingerprint density at radius 2 is 1.90 bits per heavy atom. The fourth-order valence-electron chi connectivity index (χ4n) is 0.465. The quantitative estimate of drug-likeness (QED) is 0.585. The number of carboxylic acid groups (broad SMARTS) is 1. The lowest BCUT2D eigenvalue weighted by Crippen LogP contribution is -2.33. The molecule has 1 amide bonds. The van der Waals surface area contributed by atoms with Crippen LogP contribution < -0.4 is 5.73 Å². The second kappa shape index (κ2) is 2.68. The second-order valence-corrected chi connectivity index (χ2v) is 2.82. The summed E-state index contributed by atoms with van der Waals surface area (Å²) in [6.07, 6.45) is -0.220. The maximum absolute atomic E-state index is 10.5. The van der Waals surface area contributed by atoms with Crippen molar-refractivity contribution in [3.8, 4) is 0 Å². The van der Waals surface area contributed by atoms with Crippen LogP contribution in [0.4, 0.5) is 0 Å². The molecule has 0 aliphatic heterocycles. The molecular weight excluding hydrogens is 134 g/mol. The van der Waals surface area contributed by atoms with Gasteiger partial charge in [-0.05, 0) is 0 Å². The minimum atomic E-state index is -1.01. The van der Waals surface area contributed by atoms with E-state index in [1.54, 1.807) is 0 Å². The number of carbonyl (C=O) groups excluding carboxylic acids is 1. The van der Waals surface area contributed by atoms with Crippen LogP contribution >= 0.6 is 0 Å². The highest BCUT2D eigenvalue weighted by atomic mass is 16.4. The number of nitrogens with two attached hydrogens (primary N) is 1. The van der Waals surface area contributed by atoms with Gasteiger partial charge in [0.15, 0.2) is 0 Å². The van der Waals surface area contributed by atoms with Gasteiger partial charge in [-0.15, -0.1) is 0 Å². The highest BCUT2D eigenvalue weighted by Crippen LogP contribution is 2.18. The zero-order valence-corrected chi connectivity index (χ0v) is 6.05. The van der Waals surface area contributed by atoms with Gasteiger partial charge in [0.1, 0.15) is 0 Å². The Balaban J connectivity index is 4.13. The van der Waals surface area contributed by atoms with Crippen LogP contribution in [0, 0.1) is 5.41 Å². The Labute approximate surface area is 59.0 Å². The molecule has 10 heavy (non-hydrogen) atoms. The van der Waals surface area contributed by atoms with Crippen LogP contribution in [0.25, 0.3) is 0 Å². The van der Waals surface area contributed by atoms with Crippen LogP contribution in [0.15, 0.2) is 0 Å². The fourth-order valence-corrected chi connectivity index (χ4v) is 0.465. The molecular formula is C6H11NO3. The summed E-state index contributed by atoms with van der Waals surface area (Å²) in [5, 5.41) is 8.29. The van der Waals surface area contributed by atoms with E-state index in [1.165, 1.54) is 13.8 Å². The van der Waals surface area contributed by atoms with Crippen molar-refractivity contribution in [3.63, 3.8) is 0 Å². The first-order valence-electron chi connectivity index (χ1n) is 2.88. The molecule has 0 saturated heterocycles.